The fraction of sp³-hybridized carbons (Fsp3) is 0.588. The molecule has 0 saturated carbocycles. The van der Waals surface area contributed by atoms with Crippen LogP contribution in [0.1, 0.15) is 45.6 Å². The van der Waals surface area contributed by atoms with Crippen LogP contribution < -0.4 is 10.1 Å². The molecule has 0 unspecified atom stereocenters. The molecule has 0 aliphatic rings. The van der Waals surface area contributed by atoms with Crippen LogP contribution in [-0.4, -0.2) is 29.8 Å². The zero-order valence-corrected chi connectivity index (χ0v) is 13.3. The van der Waals surface area contributed by atoms with Gasteiger partial charge in [-0.05, 0) is 37.8 Å². The monoisotopic (exact) mass is 293 g/mol. The van der Waals surface area contributed by atoms with E-state index in [4.69, 9.17) is 4.74 Å². The van der Waals surface area contributed by atoms with Gasteiger partial charge in [-0.3, -0.25) is 4.79 Å². The number of amides is 1. The van der Waals surface area contributed by atoms with Crippen LogP contribution in [0.4, 0.5) is 0 Å². The molecule has 1 aromatic rings. The van der Waals surface area contributed by atoms with Gasteiger partial charge in [0.1, 0.15) is 5.75 Å². The summed E-state index contributed by atoms with van der Waals surface area (Å²) in [5, 5.41) is 12.5. The maximum atomic E-state index is 12.1. The smallest absolute Gasteiger partial charge is 0.220 e. The SMILES string of the molecule is CCOc1ccccc1CCC(=O)NC(CC)(CC)CO. The van der Waals surface area contributed by atoms with Crippen LogP contribution in [0.3, 0.4) is 0 Å². The standard InChI is InChI=1S/C17H27NO3/c1-4-17(5-2,13-19)18-16(20)12-11-14-9-7-8-10-15(14)21-6-3/h7-10,19H,4-6,11-13H2,1-3H3,(H,18,20). The maximum absolute atomic E-state index is 12.1. The highest BCUT2D eigenvalue weighted by atomic mass is 16.5. The molecule has 0 aliphatic heterocycles. The molecule has 0 bridgehead atoms. The Balaban J connectivity index is 2.61. The Bertz CT molecular complexity index is 433. The highest BCUT2D eigenvalue weighted by Gasteiger charge is 2.26. The Kier molecular flexibility index (Phi) is 7.23. The fourth-order valence-electron chi connectivity index (χ4n) is 2.30. The third-order valence-electron chi connectivity index (χ3n) is 3.95. The molecule has 21 heavy (non-hydrogen) atoms. The molecule has 1 rings (SSSR count). The first kappa shape index (κ1) is 17.5. The topological polar surface area (TPSA) is 58.6 Å². The van der Waals surface area contributed by atoms with Gasteiger partial charge >= 0.3 is 0 Å². The van der Waals surface area contributed by atoms with Crippen molar-refractivity contribution in [3.63, 3.8) is 0 Å². The minimum atomic E-state index is -0.490. The van der Waals surface area contributed by atoms with Gasteiger partial charge in [-0.1, -0.05) is 32.0 Å². The van der Waals surface area contributed by atoms with Crippen molar-refractivity contribution in [2.45, 2.75) is 52.0 Å². The summed E-state index contributed by atoms with van der Waals surface area (Å²) >= 11 is 0. The van der Waals surface area contributed by atoms with Gasteiger partial charge in [0.15, 0.2) is 0 Å². The van der Waals surface area contributed by atoms with Crippen LogP contribution in [0, 0.1) is 0 Å². The van der Waals surface area contributed by atoms with Crippen LogP contribution >= 0.6 is 0 Å². The average Bonchev–Trinajstić information content (AvgIpc) is 2.52. The van der Waals surface area contributed by atoms with Crippen molar-refractivity contribution >= 4 is 5.91 Å². The predicted octanol–water partition coefficient (Wildman–Crippen LogP) is 2.69. The van der Waals surface area contributed by atoms with E-state index in [1.165, 1.54) is 0 Å². The first-order chi connectivity index (χ1) is 10.1. The number of carbonyl (C=O) groups is 1. The summed E-state index contributed by atoms with van der Waals surface area (Å²) in [6.45, 7) is 6.49. The number of aliphatic hydroxyl groups is 1. The molecule has 0 saturated heterocycles. The van der Waals surface area contributed by atoms with Gasteiger partial charge in [0, 0.05) is 6.42 Å². The Morgan fingerprint density at radius 1 is 1.24 bits per heavy atom. The van der Waals surface area contributed by atoms with Crippen LogP contribution in [0.5, 0.6) is 5.75 Å². The second kappa shape index (κ2) is 8.67. The quantitative estimate of drug-likeness (QED) is 0.736. The first-order valence-corrected chi connectivity index (χ1v) is 7.73. The van der Waals surface area contributed by atoms with Crippen molar-refractivity contribution in [3.05, 3.63) is 29.8 Å². The second-order valence-corrected chi connectivity index (χ2v) is 5.23. The lowest BCUT2D eigenvalue weighted by Gasteiger charge is -2.30. The number of carbonyl (C=O) groups excluding carboxylic acids is 1. The van der Waals surface area contributed by atoms with E-state index >= 15 is 0 Å². The van der Waals surface area contributed by atoms with Gasteiger partial charge < -0.3 is 15.2 Å². The summed E-state index contributed by atoms with van der Waals surface area (Å²) in [4.78, 5) is 12.1. The first-order valence-electron chi connectivity index (χ1n) is 7.73. The number of aryl methyl sites for hydroxylation is 1. The largest absolute Gasteiger partial charge is 0.494 e. The summed E-state index contributed by atoms with van der Waals surface area (Å²) in [7, 11) is 0. The predicted molar refractivity (Wildman–Crippen MR) is 84.5 cm³/mol. The number of hydrogen-bond donors (Lipinski definition) is 2. The van der Waals surface area contributed by atoms with Crippen LogP contribution in [0.15, 0.2) is 24.3 Å². The number of para-hydroxylation sites is 1. The van der Waals surface area contributed by atoms with Crippen LogP contribution in [0.2, 0.25) is 0 Å². The number of benzene rings is 1. The summed E-state index contributed by atoms with van der Waals surface area (Å²) in [5.41, 5.74) is 0.549. The highest BCUT2D eigenvalue weighted by molar-refractivity contribution is 5.77. The zero-order chi connectivity index (χ0) is 15.7. The van der Waals surface area contributed by atoms with Crippen molar-refractivity contribution in [2.24, 2.45) is 0 Å². The van der Waals surface area contributed by atoms with E-state index in [1.54, 1.807) is 0 Å². The molecule has 2 N–H and O–H groups in total. The molecule has 0 aromatic heterocycles. The summed E-state index contributed by atoms with van der Waals surface area (Å²) in [5.74, 6) is 0.811. The molecule has 1 aromatic carbocycles. The number of nitrogens with one attached hydrogen (secondary N) is 1. The molecule has 4 heteroatoms. The molecule has 4 nitrogen and oxygen atoms in total. The molecule has 0 atom stereocenters. The van der Waals surface area contributed by atoms with E-state index in [-0.39, 0.29) is 12.5 Å². The van der Waals surface area contributed by atoms with Crippen molar-refractivity contribution in [3.8, 4) is 5.75 Å². The van der Waals surface area contributed by atoms with E-state index in [0.717, 1.165) is 24.2 Å². The average molecular weight is 293 g/mol. The van der Waals surface area contributed by atoms with Crippen molar-refractivity contribution < 1.29 is 14.6 Å². The summed E-state index contributed by atoms with van der Waals surface area (Å²) < 4.78 is 5.56. The Morgan fingerprint density at radius 3 is 2.48 bits per heavy atom. The Labute approximate surface area is 127 Å². The molecule has 0 radical (unpaired) electrons. The third-order valence-corrected chi connectivity index (χ3v) is 3.95. The third kappa shape index (κ3) is 5.05. The second-order valence-electron chi connectivity index (χ2n) is 5.23. The number of hydrogen-bond acceptors (Lipinski definition) is 3. The van der Waals surface area contributed by atoms with Crippen molar-refractivity contribution in [1.82, 2.24) is 5.32 Å². The Morgan fingerprint density at radius 2 is 1.90 bits per heavy atom. The lowest BCUT2D eigenvalue weighted by Crippen LogP contribution is -2.50. The lowest BCUT2D eigenvalue weighted by molar-refractivity contribution is -0.123. The van der Waals surface area contributed by atoms with Crippen molar-refractivity contribution in [2.75, 3.05) is 13.2 Å². The summed E-state index contributed by atoms with van der Waals surface area (Å²) in [6.07, 6.45) is 2.48. The van der Waals surface area contributed by atoms with Crippen LogP contribution in [0.25, 0.3) is 0 Å². The molecular weight excluding hydrogens is 266 g/mol. The minimum Gasteiger partial charge on any atom is -0.494 e. The zero-order valence-electron chi connectivity index (χ0n) is 13.3. The van der Waals surface area contributed by atoms with Crippen LogP contribution in [-0.2, 0) is 11.2 Å². The number of aliphatic hydroxyl groups excluding tert-OH is 1. The highest BCUT2D eigenvalue weighted by Crippen LogP contribution is 2.20. The van der Waals surface area contributed by atoms with E-state index in [9.17, 15) is 9.90 Å². The fourth-order valence-corrected chi connectivity index (χ4v) is 2.30. The van der Waals surface area contributed by atoms with Gasteiger partial charge in [0.2, 0.25) is 5.91 Å². The lowest BCUT2D eigenvalue weighted by atomic mass is 9.93. The van der Waals surface area contributed by atoms with Crippen molar-refractivity contribution in [1.29, 1.82) is 0 Å². The van der Waals surface area contributed by atoms with E-state index < -0.39 is 5.54 Å². The molecule has 0 fully saturated rings. The molecule has 0 heterocycles. The van der Waals surface area contributed by atoms with E-state index in [1.807, 2.05) is 45.0 Å². The van der Waals surface area contributed by atoms with Gasteiger partial charge in [-0.15, -0.1) is 0 Å². The minimum absolute atomic E-state index is 0.0265. The molecule has 118 valence electrons. The normalized spacial score (nSPS) is 11.2. The molecule has 0 aliphatic carbocycles. The number of ether oxygens (including phenoxy) is 1. The number of rotatable bonds is 9. The van der Waals surface area contributed by atoms with Gasteiger partial charge in [0.05, 0.1) is 18.8 Å². The van der Waals surface area contributed by atoms with E-state index in [0.29, 0.717) is 19.4 Å². The van der Waals surface area contributed by atoms with Gasteiger partial charge in [0.25, 0.3) is 0 Å². The Hall–Kier alpha value is -1.55. The molecule has 1 amide bonds. The summed E-state index contributed by atoms with van der Waals surface area (Å²) in [6, 6.07) is 7.79. The van der Waals surface area contributed by atoms with Gasteiger partial charge in [-0.2, -0.15) is 0 Å². The van der Waals surface area contributed by atoms with E-state index in [2.05, 4.69) is 5.32 Å². The molecular formula is C17H27NO3. The van der Waals surface area contributed by atoms with Gasteiger partial charge in [-0.25, -0.2) is 0 Å². The maximum Gasteiger partial charge on any atom is 0.220 e. The molecule has 0 spiro atoms.